The van der Waals surface area contributed by atoms with E-state index in [0.29, 0.717) is 12.5 Å². The molecule has 2 N–H and O–H groups in total. The lowest BCUT2D eigenvalue weighted by Crippen LogP contribution is -2.26. The maximum absolute atomic E-state index is 12.1. The highest BCUT2D eigenvalue weighted by molar-refractivity contribution is 6.07. The number of nitrogens with one attached hydrogen (secondary N) is 2. The third-order valence-corrected chi connectivity index (χ3v) is 3.53. The molecule has 1 amide bonds. The fourth-order valence-electron chi connectivity index (χ4n) is 2.76. The minimum Gasteiger partial charge on any atom is -0.487 e. The molecule has 0 bridgehead atoms. The normalized spacial score (nSPS) is 25.1. The van der Waals surface area contributed by atoms with E-state index < -0.39 is 6.04 Å². The van der Waals surface area contributed by atoms with Crippen LogP contribution in [0.25, 0.3) is 0 Å². The van der Waals surface area contributed by atoms with E-state index in [4.69, 9.17) is 4.74 Å². The fraction of sp³-hybridized carbons (Fsp3) is 0.467. The molecule has 1 aromatic carbocycles. The van der Waals surface area contributed by atoms with Gasteiger partial charge in [0.15, 0.2) is 5.96 Å². The largest absolute Gasteiger partial charge is 0.487 e. The molecule has 1 atom stereocenters. The van der Waals surface area contributed by atoms with E-state index in [1.807, 2.05) is 19.1 Å². The first-order valence-corrected chi connectivity index (χ1v) is 6.93. The van der Waals surface area contributed by atoms with Gasteiger partial charge in [0.25, 0.3) is 5.91 Å². The quantitative estimate of drug-likeness (QED) is 0.859. The van der Waals surface area contributed by atoms with Gasteiger partial charge >= 0.3 is 0 Å². The summed E-state index contributed by atoms with van der Waals surface area (Å²) in [4.78, 5) is 16.3. The van der Waals surface area contributed by atoms with E-state index in [1.165, 1.54) is 0 Å². The number of nitrogens with zero attached hydrogens (tertiary/aromatic N) is 1. The Balaban J connectivity index is 1.96. The van der Waals surface area contributed by atoms with E-state index in [1.54, 1.807) is 0 Å². The van der Waals surface area contributed by atoms with Crippen LogP contribution in [0.5, 0.6) is 5.75 Å². The Morgan fingerprint density at radius 1 is 1.45 bits per heavy atom. The Hall–Kier alpha value is -2.04. The van der Waals surface area contributed by atoms with Crippen LogP contribution < -0.4 is 15.4 Å². The van der Waals surface area contributed by atoms with Crippen LogP contribution in [0.4, 0.5) is 0 Å². The summed E-state index contributed by atoms with van der Waals surface area (Å²) in [6.07, 6.45) is 0.862. The molecule has 0 aliphatic carbocycles. The van der Waals surface area contributed by atoms with Gasteiger partial charge in [0.1, 0.15) is 17.4 Å². The van der Waals surface area contributed by atoms with Gasteiger partial charge in [-0.25, -0.2) is 0 Å². The standard InChI is InChI=1S/C15H19N3O2/c1-4-16-14-17-11(13(19)18-14)10-7-5-6-9-8-15(2,3)20-12(9)10/h5-7,11H,4,8H2,1-3H3,(H2,16,17,18,19). The maximum Gasteiger partial charge on any atom is 0.254 e. The van der Waals surface area contributed by atoms with Gasteiger partial charge in [0.05, 0.1) is 0 Å². The van der Waals surface area contributed by atoms with Gasteiger partial charge in [-0.05, 0) is 26.3 Å². The Morgan fingerprint density at radius 2 is 2.25 bits per heavy atom. The first kappa shape index (κ1) is 13.0. The molecule has 0 saturated carbocycles. The van der Waals surface area contributed by atoms with E-state index in [-0.39, 0.29) is 11.5 Å². The van der Waals surface area contributed by atoms with Crippen LogP contribution in [-0.2, 0) is 11.2 Å². The number of hydrogen-bond acceptors (Lipinski definition) is 3. The molecule has 1 saturated heterocycles. The van der Waals surface area contributed by atoms with Gasteiger partial charge in [-0.15, -0.1) is 0 Å². The van der Waals surface area contributed by atoms with E-state index >= 15 is 0 Å². The molecule has 1 aromatic rings. The van der Waals surface area contributed by atoms with Crippen LogP contribution in [0.1, 0.15) is 37.9 Å². The lowest BCUT2D eigenvalue weighted by Gasteiger charge is -2.19. The molecule has 1 fully saturated rings. The number of hydrogen-bond donors (Lipinski definition) is 2. The van der Waals surface area contributed by atoms with Crippen molar-refractivity contribution >= 4 is 11.9 Å². The summed E-state index contributed by atoms with van der Waals surface area (Å²) < 4.78 is 6.02. The fourth-order valence-corrected chi connectivity index (χ4v) is 2.76. The van der Waals surface area contributed by atoms with E-state index in [0.717, 1.165) is 23.3 Å². The number of carbonyl (C=O) groups excluding carboxylic acids is 1. The molecule has 106 valence electrons. The van der Waals surface area contributed by atoms with Crippen LogP contribution >= 0.6 is 0 Å². The Kier molecular flexibility index (Phi) is 2.92. The van der Waals surface area contributed by atoms with Crippen molar-refractivity contribution < 1.29 is 9.53 Å². The van der Waals surface area contributed by atoms with Crippen molar-refractivity contribution in [2.45, 2.75) is 38.8 Å². The summed E-state index contributed by atoms with van der Waals surface area (Å²) in [6.45, 7) is 6.68. The molecule has 0 aromatic heterocycles. The maximum atomic E-state index is 12.1. The SMILES string of the molecule is CCN=C1NC(=O)C(c2cccc3c2OC(C)(C)C3)N1. The van der Waals surface area contributed by atoms with Crippen molar-refractivity contribution in [2.75, 3.05) is 6.54 Å². The molecular weight excluding hydrogens is 254 g/mol. The number of ether oxygens (including phenoxy) is 1. The second kappa shape index (κ2) is 4.51. The summed E-state index contributed by atoms with van der Waals surface area (Å²) in [5.41, 5.74) is 1.82. The summed E-state index contributed by atoms with van der Waals surface area (Å²) in [5, 5.41) is 5.88. The predicted molar refractivity (Wildman–Crippen MR) is 76.8 cm³/mol. The molecule has 5 nitrogen and oxygen atoms in total. The number of guanidine groups is 1. The van der Waals surface area contributed by atoms with Crippen molar-refractivity contribution in [1.82, 2.24) is 10.6 Å². The molecule has 0 spiro atoms. The first-order valence-electron chi connectivity index (χ1n) is 6.93. The highest BCUT2D eigenvalue weighted by Gasteiger charge is 2.37. The number of fused-ring (bicyclic) bond motifs is 1. The van der Waals surface area contributed by atoms with Gasteiger partial charge in [0.2, 0.25) is 0 Å². The number of para-hydroxylation sites is 1. The van der Waals surface area contributed by atoms with Crippen molar-refractivity contribution in [3.8, 4) is 5.75 Å². The second-order valence-corrected chi connectivity index (χ2v) is 5.76. The summed E-state index contributed by atoms with van der Waals surface area (Å²) in [7, 11) is 0. The van der Waals surface area contributed by atoms with Gasteiger partial charge in [0, 0.05) is 18.5 Å². The van der Waals surface area contributed by atoms with Gasteiger partial charge in [-0.2, -0.15) is 0 Å². The number of amides is 1. The van der Waals surface area contributed by atoms with E-state index in [9.17, 15) is 4.79 Å². The lowest BCUT2D eigenvalue weighted by molar-refractivity contribution is -0.120. The third-order valence-electron chi connectivity index (χ3n) is 3.53. The third kappa shape index (κ3) is 2.13. The van der Waals surface area contributed by atoms with Gasteiger partial charge < -0.3 is 10.1 Å². The molecular formula is C15H19N3O2. The summed E-state index contributed by atoms with van der Waals surface area (Å²) in [5.74, 6) is 1.29. The smallest absolute Gasteiger partial charge is 0.254 e. The minimum absolute atomic E-state index is 0.0843. The van der Waals surface area contributed by atoms with E-state index in [2.05, 4.69) is 35.5 Å². The average Bonchev–Trinajstić information content (AvgIpc) is 2.87. The highest BCUT2D eigenvalue weighted by atomic mass is 16.5. The van der Waals surface area contributed by atoms with Crippen molar-refractivity contribution in [3.05, 3.63) is 29.3 Å². The molecule has 1 unspecified atom stereocenters. The molecule has 2 heterocycles. The van der Waals surface area contributed by atoms with Crippen LogP contribution in [0.2, 0.25) is 0 Å². The van der Waals surface area contributed by atoms with Crippen molar-refractivity contribution in [3.63, 3.8) is 0 Å². The summed E-state index contributed by atoms with van der Waals surface area (Å²) >= 11 is 0. The molecule has 3 rings (SSSR count). The zero-order valence-corrected chi connectivity index (χ0v) is 12.0. The molecule has 0 radical (unpaired) electrons. The predicted octanol–water partition coefficient (Wildman–Crippen LogP) is 1.54. The Labute approximate surface area is 118 Å². The van der Waals surface area contributed by atoms with Crippen molar-refractivity contribution in [2.24, 2.45) is 4.99 Å². The molecule has 2 aliphatic heterocycles. The first-order chi connectivity index (χ1) is 9.50. The number of rotatable bonds is 2. The molecule has 2 aliphatic rings. The Bertz CT molecular complexity index is 593. The van der Waals surface area contributed by atoms with Gasteiger partial charge in [-0.3, -0.25) is 15.1 Å². The topological polar surface area (TPSA) is 62.7 Å². The van der Waals surface area contributed by atoms with Crippen molar-refractivity contribution in [1.29, 1.82) is 0 Å². The van der Waals surface area contributed by atoms with Gasteiger partial charge in [-0.1, -0.05) is 18.2 Å². The number of carbonyl (C=O) groups is 1. The molecule has 20 heavy (non-hydrogen) atoms. The van der Waals surface area contributed by atoms with Crippen LogP contribution in [-0.4, -0.2) is 24.0 Å². The Morgan fingerprint density at radius 3 is 3.00 bits per heavy atom. The average molecular weight is 273 g/mol. The van der Waals surface area contributed by atoms with Crippen LogP contribution in [0, 0.1) is 0 Å². The zero-order chi connectivity index (χ0) is 14.3. The lowest BCUT2D eigenvalue weighted by atomic mass is 9.98. The molecule has 5 heteroatoms. The highest BCUT2D eigenvalue weighted by Crippen LogP contribution is 2.40. The van der Waals surface area contributed by atoms with Crippen LogP contribution in [0.3, 0.4) is 0 Å². The number of benzene rings is 1. The monoisotopic (exact) mass is 273 g/mol. The minimum atomic E-state index is -0.427. The second-order valence-electron chi connectivity index (χ2n) is 5.76. The number of aliphatic imine (C=N–C) groups is 1. The van der Waals surface area contributed by atoms with Crippen LogP contribution in [0.15, 0.2) is 23.2 Å². The zero-order valence-electron chi connectivity index (χ0n) is 12.0. The summed E-state index contributed by atoms with van der Waals surface area (Å²) in [6, 6.07) is 5.54.